The van der Waals surface area contributed by atoms with Gasteiger partial charge in [-0.25, -0.2) is 14.4 Å². The lowest BCUT2D eigenvalue weighted by Crippen LogP contribution is -2.66. The molecular formula is C8H14N2O7. The van der Waals surface area contributed by atoms with Crippen LogP contribution in [0.2, 0.25) is 0 Å². The minimum Gasteiger partial charge on any atom is -0.479 e. The van der Waals surface area contributed by atoms with Crippen LogP contribution in [0.25, 0.3) is 0 Å². The van der Waals surface area contributed by atoms with Gasteiger partial charge >= 0.3 is 23.4 Å². The molecule has 17 heavy (non-hydrogen) atoms. The molecule has 6 N–H and O–H groups in total. The Bertz CT molecular complexity index is 275. The Balaban J connectivity index is 5.59. The van der Waals surface area contributed by atoms with Crippen LogP contribution >= 0.6 is 0 Å². The number of aliphatic hydroxyl groups excluding tert-OH is 1. The highest BCUT2D eigenvalue weighted by Gasteiger charge is 2.59. The van der Waals surface area contributed by atoms with Crippen LogP contribution in [0.5, 0.6) is 0 Å². The molecule has 0 rings (SSSR count). The number of aliphatic carboxylic acids is 3. The molecule has 0 amide bonds. The maximum Gasteiger partial charge on any atom is 0.347 e. The van der Waals surface area contributed by atoms with Crippen LogP contribution in [0.4, 0.5) is 0 Å². The van der Waals surface area contributed by atoms with Crippen LogP contribution in [0.3, 0.4) is 0 Å². The molecular weight excluding hydrogens is 236 g/mol. The molecule has 0 aliphatic heterocycles. The molecule has 0 fully saturated rings. The van der Waals surface area contributed by atoms with Crippen molar-refractivity contribution in [2.45, 2.75) is 5.54 Å². The molecule has 0 radical (unpaired) electrons. The summed E-state index contributed by atoms with van der Waals surface area (Å²) < 4.78 is 0. The molecule has 0 aliphatic rings. The lowest BCUT2D eigenvalue weighted by atomic mass is 9.97. The number of hydrogen-bond acceptors (Lipinski definition) is 6. The Morgan fingerprint density at radius 3 is 1.65 bits per heavy atom. The Morgan fingerprint density at radius 1 is 1.00 bits per heavy atom. The fourth-order valence-corrected chi connectivity index (χ4v) is 1.40. The highest BCUT2D eigenvalue weighted by Crippen LogP contribution is 2.17. The maximum atomic E-state index is 11.0. The average Bonchev–Trinajstić information content (AvgIpc) is 2.17. The van der Waals surface area contributed by atoms with Crippen molar-refractivity contribution in [3.63, 3.8) is 0 Å². The molecule has 0 aromatic heterocycles. The van der Waals surface area contributed by atoms with Crippen molar-refractivity contribution in [3.8, 4) is 0 Å². The van der Waals surface area contributed by atoms with Crippen LogP contribution < -0.4 is 5.73 Å². The molecule has 0 unspecified atom stereocenters. The number of rotatable bonds is 8. The molecule has 0 bridgehead atoms. The third kappa shape index (κ3) is 2.70. The smallest absolute Gasteiger partial charge is 0.347 e. The number of carbonyl (C=O) groups is 3. The molecule has 0 atom stereocenters. The number of hydrogen-bond donors (Lipinski definition) is 5. The summed E-state index contributed by atoms with van der Waals surface area (Å²) in [7, 11) is 0. The van der Waals surface area contributed by atoms with E-state index in [1.165, 1.54) is 0 Å². The van der Waals surface area contributed by atoms with Crippen LogP contribution in [-0.4, -0.2) is 75.0 Å². The number of aliphatic hydroxyl groups is 1. The first-order valence-electron chi connectivity index (χ1n) is 4.61. The molecule has 9 nitrogen and oxygen atoms in total. The van der Waals surface area contributed by atoms with E-state index in [4.69, 9.17) is 26.2 Å². The molecule has 0 aromatic rings. The number of carboxylic acid groups (broad SMARTS) is 3. The zero-order chi connectivity index (χ0) is 13.6. The SMILES string of the molecule is NCCN(CCO)C(C(=O)O)(C(=O)O)C(=O)O. The van der Waals surface area contributed by atoms with Gasteiger partial charge < -0.3 is 26.2 Å². The second-order valence-electron chi connectivity index (χ2n) is 3.13. The highest BCUT2D eigenvalue weighted by atomic mass is 16.4. The zero-order valence-corrected chi connectivity index (χ0v) is 8.87. The number of β-amino-alcohol motifs (C(OH)–C–C–N with tert-alkyl or cyclic N) is 1. The largest absolute Gasteiger partial charge is 0.479 e. The van der Waals surface area contributed by atoms with E-state index < -0.39 is 36.6 Å². The van der Waals surface area contributed by atoms with E-state index in [9.17, 15) is 14.4 Å². The number of carboxylic acids is 3. The van der Waals surface area contributed by atoms with Crippen LogP contribution in [0.15, 0.2) is 0 Å². The normalized spacial score (nSPS) is 11.5. The predicted molar refractivity (Wildman–Crippen MR) is 53.4 cm³/mol. The summed E-state index contributed by atoms with van der Waals surface area (Å²) in [5, 5.41) is 35.3. The second kappa shape index (κ2) is 6.13. The standard InChI is InChI=1S/C8H14N2O7/c9-1-2-10(3-4-11)8(5(12)13,6(14)15)7(16)17/h11H,1-4,9H2,(H,12,13)(H,14,15)(H,16,17). The summed E-state index contributed by atoms with van der Waals surface area (Å²) in [4.78, 5) is 33.5. The Kier molecular flexibility index (Phi) is 5.51. The maximum absolute atomic E-state index is 11.0. The number of nitrogens with two attached hydrogens (primary N) is 1. The van der Waals surface area contributed by atoms with Crippen molar-refractivity contribution in [2.24, 2.45) is 5.73 Å². The zero-order valence-electron chi connectivity index (χ0n) is 8.87. The molecule has 0 heterocycles. The molecule has 9 heteroatoms. The summed E-state index contributed by atoms with van der Waals surface area (Å²) >= 11 is 0. The first-order valence-corrected chi connectivity index (χ1v) is 4.61. The number of nitrogens with zero attached hydrogens (tertiary/aromatic N) is 1. The molecule has 98 valence electrons. The average molecular weight is 250 g/mol. The summed E-state index contributed by atoms with van der Waals surface area (Å²) in [5.74, 6) is -6.13. The molecule has 0 aliphatic carbocycles. The van der Waals surface area contributed by atoms with Gasteiger partial charge in [-0.05, 0) is 0 Å². The van der Waals surface area contributed by atoms with Gasteiger partial charge in [0.05, 0.1) is 6.61 Å². The molecule has 0 spiro atoms. The van der Waals surface area contributed by atoms with Gasteiger partial charge in [0.15, 0.2) is 0 Å². The van der Waals surface area contributed by atoms with E-state index in [1.54, 1.807) is 0 Å². The Labute approximate surface area is 96.1 Å². The molecule has 0 saturated carbocycles. The van der Waals surface area contributed by atoms with E-state index >= 15 is 0 Å². The monoisotopic (exact) mass is 250 g/mol. The minimum atomic E-state index is -3.14. The van der Waals surface area contributed by atoms with E-state index in [2.05, 4.69) is 0 Å². The highest BCUT2D eigenvalue weighted by molar-refractivity contribution is 6.21. The van der Waals surface area contributed by atoms with Crippen LogP contribution in [-0.2, 0) is 14.4 Å². The summed E-state index contributed by atoms with van der Waals surface area (Å²) in [6.45, 7) is -1.45. The first-order chi connectivity index (χ1) is 7.85. The summed E-state index contributed by atoms with van der Waals surface area (Å²) in [5.41, 5.74) is 2.02. The van der Waals surface area contributed by atoms with Crippen molar-refractivity contribution in [3.05, 3.63) is 0 Å². The van der Waals surface area contributed by atoms with Crippen molar-refractivity contribution in [2.75, 3.05) is 26.2 Å². The van der Waals surface area contributed by atoms with Gasteiger partial charge in [0.2, 0.25) is 0 Å². The van der Waals surface area contributed by atoms with Gasteiger partial charge in [-0.2, -0.15) is 0 Å². The Morgan fingerprint density at radius 2 is 1.41 bits per heavy atom. The third-order valence-electron chi connectivity index (χ3n) is 2.17. The second-order valence-corrected chi connectivity index (χ2v) is 3.13. The van der Waals surface area contributed by atoms with Gasteiger partial charge in [0.1, 0.15) is 0 Å². The van der Waals surface area contributed by atoms with Gasteiger partial charge in [0, 0.05) is 19.6 Å². The van der Waals surface area contributed by atoms with Crippen LogP contribution in [0.1, 0.15) is 0 Å². The van der Waals surface area contributed by atoms with Gasteiger partial charge in [-0.1, -0.05) is 0 Å². The van der Waals surface area contributed by atoms with Crippen molar-refractivity contribution >= 4 is 17.9 Å². The lowest BCUT2D eigenvalue weighted by molar-refractivity contribution is -0.179. The predicted octanol–water partition coefficient (Wildman–Crippen LogP) is -2.77. The van der Waals surface area contributed by atoms with Crippen molar-refractivity contribution in [1.82, 2.24) is 4.90 Å². The summed E-state index contributed by atoms with van der Waals surface area (Å²) in [6, 6.07) is 0. The van der Waals surface area contributed by atoms with Crippen molar-refractivity contribution in [1.29, 1.82) is 0 Å². The van der Waals surface area contributed by atoms with Crippen molar-refractivity contribution < 1.29 is 34.8 Å². The molecule has 0 saturated heterocycles. The van der Waals surface area contributed by atoms with E-state index in [0.717, 1.165) is 0 Å². The van der Waals surface area contributed by atoms with E-state index in [1.807, 2.05) is 0 Å². The minimum absolute atomic E-state index is 0.143. The first kappa shape index (κ1) is 15.3. The van der Waals surface area contributed by atoms with Crippen LogP contribution in [0, 0.1) is 0 Å². The summed E-state index contributed by atoms with van der Waals surface area (Å²) in [6.07, 6.45) is 0. The third-order valence-corrected chi connectivity index (χ3v) is 2.17. The topological polar surface area (TPSA) is 161 Å². The van der Waals surface area contributed by atoms with Gasteiger partial charge in [-0.3, -0.25) is 4.90 Å². The van der Waals surface area contributed by atoms with E-state index in [0.29, 0.717) is 4.90 Å². The Hall–Kier alpha value is -1.71. The van der Waals surface area contributed by atoms with E-state index in [-0.39, 0.29) is 13.1 Å². The molecule has 0 aromatic carbocycles. The quantitative estimate of drug-likeness (QED) is 0.287. The fraction of sp³-hybridized carbons (Fsp3) is 0.625. The lowest BCUT2D eigenvalue weighted by Gasteiger charge is -2.32. The van der Waals surface area contributed by atoms with Gasteiger partial charge in [0.25, 0.3) is 0 Å². The fourth-order valence-electron chi connectivity index (χ4n) is 1.40. The van der Waals surface area contributed by atoms with Gasteiger partial charge in [-0.15, -0.1) is 0 Å².